The summed E-state index contributed by atoms with van der Waals surface area (Å²) in [6.45, 7) is 10.7. The monoisotopic (exact) mass is 256 g/mol. The Bertz CT molecular complexity index is 323. The van der Waals surface area contributed by atoms with Crippen LogP contribution >= 0.6 is 0 Å². The molecule has 0 radical (unpaired) electrons. The topological polar surface area (TPSA) is 58.6 Å². The lowest BCUT2D eigenvalue weighted by molar-refractivity contribution is -0.132. The summed E-state index contributed by atoms with van der Waals surface area (Å²) in [6, 6.07) is -0.537. The summed E-state index contributed by atoms with van der Waals surface area (Å²) in [6.07, 6.45) is 0.487. The zero-order chi connectivity index (χ0) is 13.9. The second-order valence-electron chi connectivity index (χ2n) is 6.05. The van der Waals surface area contributed by atoms with E-state index in [0.29, 0.717) is 5.92 Å². The van der Waals surface area contributed by atoms with Gasteiger partial charge in [0.15, 0.2) is 0 Å². The largest absolute Gasteiger partial charge is 0.444 e. The summed E-state index contributed by atoms with van der Waals surface area (Å²) in [5.74, 6) is 0.507. The van der Waals surface area contributed by atoms with Crippen molar-refractivity contribution in [3.05, 3.63) is 0 Å². The predicted octanol–water partition coefficient (Wildman–Crippen LogP) is 1.77. The summed E-state index contributed by atoms with van der Waals surface area (Å²) >= 11 is 0. The van der Waals surface area contributed by atoms with Crippen molar-refractivity contribution in [1.29, 1.82) is 0 Å². The van der Waals surface area contributed by atoms with Gasteiger partial charge in [0.25, 0.3) is 0 Å². The maximum absolute atomic E-state index is 12.0. The fraction of sp³-hybridized carbons (Fsp3) is 0.846. The third kappa shape index (κ3) is 4.55. The van der Waals surface area contributed by atoms with Crippen molar-refractivity contribution in [2.24, 2.45) is 5.92 Å². The van der Waals surface area contributed by atoms with Crippen LogP contribution in [0.1, 0.15) is 41.0 Å². The lowest BCUT2D eigenvalue weighted by Crippen LogP contribution is -2.47. The number of carbonyl (C=O) groups excluding carboxylic acids is 2. The van der Waals surface area contributed by atoms with E-state index in [0.717, 1.165) is 19.5 Å². The Kier molecular flexibility index (Phi) is 4.59. The van der Waals surface area contributed by atoms with Crippen LogP contribution in [-0.4, -0.2) is 41.6 Å². The Morgan fingerprint density at radius 1 is 1.39 bits per heavy atom. The highest BCUT2D eigenvalue weighted by molar-refractivity contribution is 5.85. The fourth-order valence-electron chi connectivity index (χ4n) is 1.96. The molecule has 1 N–H and O–H groups in total. The molecule has 0 saturated carbocycles. The van der Waals surface area contributed by atoms with Crippen LogP contribution in [0.5, 0.6) is 0 Å². The average molecular weight is 256 g/mol. The highest BCUT2D eigenvalue weighted by atomic mass is 16.6. The van der Waals surface area contributed by atoms with Crippen LogP contribution in [-0.2, 0) is 9.53 Å². The van der Waals surface area contributed by atoms with Gasteiger partial charge in [-0.15, -0.1) is 0 Å². The molecule has 1 fully saturated rings. The SMILES string of the molecule is CC1CCN(C(=O)C(C)NC(=O)OC(C)(C)C)C1. The molecule has 18 heavy (non-hydrogen) atoms. The molecule has 104 valence electrons. The number of hydrogen-bond donors (Lipinski definition) is 1. The lowest BCUT2D eigenvalue weighted by atomic mass is 10.2. The minimum Gasteiger partial charge on any atom is -0.444 e. The summed E-state index contributed by atoms with van der Waals surface area (Å²) in [5, 5.41) is 2.58. The molecule has 0 aromatic heterocycles. The third-order valence-electron chi connectivity index (χ3n) is 2.84. The first kappa shape index (κ1) is 14.8. The summed E-state index contributed by atoms with van der Waals surface area (Å²) in [7, 11) is 0. The molecule has 0 aromatic rings. The van der Waals surface area contributed by atoms with E-state index >= 15 is 0 Å². The molecule has 5 heteroatoms. The molecular weight excluding hydrogens is 232 g/mol. The zero-order valence-corrected chi connectivity index (χ0v) is 11.9. The van der Waals surface area contributed by atoms with Gasteiger partial charge in [-0.25, -0.2) is 4.79 Å². The van der Waals surface area contributed by atoms with Crippen molar-refractivity contribution in [2.45, 2.75) is 52.7 Å². The molecular formula is C13H24N2O3. The maximum atomic E-state index is 12.0. The van der Waals surface area contributed by atoms with Gasteiger partial charge in [-0.1, -0.05) is 6.92 Å². The number of ether oxygens (including phenoxy) is 1. The van der Waals surface area contributed by atoms with Gasteiger partial charge in [0.1, 0.15) is 11.6 Å². The van der Waals surface area contributed by atoms with Crippen LogP contribution < -0.4 is 5.32 Å². The fourth-order valence-corrected chi connectivity index (χ4v) is 1.96. The molecule has 2 unspecified atom stereocenters. The number of amides is 2. The molecule has 0 bridgehead atoms. The molecule has 1 aliphatic rings. The molecule has 1 rings (SSSR count). The number of nitrogens with one attached hydrogen (secondary N) is 1. The van der Waals surface area contributed by atoms with E-state index in [1.54, 1.807) is 32.6 Å². The second kappa shape index (κ2) is 5.59. The third-order valence-corrected chi connectivity index (χ3v) is 2.84. The second-order valence-corrected chi connectivity index (χ2v) is 6.05. The van der Waals surface area contributed by atoms with E-state index in [9.17, 15) is 9.59 Å². The van der Waals surface area contributed by atoms with Gasteiger partial charge in [-0.3, -0.25) is 4.79 Å². The highest BCUT2D eigenvalue weighted by Gasteiger charge is 2.28. The number of rotatable bonds is 2. The number of likely N-dealkylation sites (tertiary alicyclic amines) is 1. The van der Waals surface area contributed by atoms with Crippen LogP contribution in [0.2, 0.25) is 0 Å². The number of alkyl carbamates (subject to hydrolysis) is 1. The van der Waals surface area contributed by atoms with E-state index in [2.05, 4.69) is 12.2 Å². The van der Waals surface area contributed by atoms with E-state index in [4.69, 9.17) is 4.74 Å². The van der Waals surface area contributed by atoms with Crippen LogP contribution in [0.4, 0.5) is 4.79 Å². The average Bonchev–Trinajstić information content (AvgIpc) is 2.60. The summed E-state index contributed by atoms with van der Waals surface area (Å²) in [4.78, 5) is 25.4. The van der Waals surface area contributed by atoms with Gasteiger partial charge >= 0.3 is 6.09 Å². The highest BCUT2D eigenvalue weighted by Crippen LogP contribution is 2.16. The molecule has 0 aliphatic carbocycles. The van der Waals surface area contributed by atoms with E-state index in [-0.39, 0.29) is 5.91 Å². The van der Waals surface area contributed by atoms with Crippen LogP contribution in [0.25, 0.3) is 0 Å². The summed E-state index contributed by atoms with van der Waals surface area (Å²) in [5.41, 5.74) is -0.547. The standard InChI is InChI=1S/C13H24N2O3/c1-9-6-7-15(8-9)11(16)10(2)14-12(17)18-13(3,4)5/h9-10H,6-8H2,1-5H3,(H,14,17). The first-order valence-corrected chi connectivity index (χ1v) is 6.47. The maximum Gasteiger partial charge on any atom is 0.408 e. The van der Waals surface area contributed by atoms with Crippen molar-refractivity contribution in [1.82, 2.24) is 10.2 Å². The van der Waals surface area contributed by atoms with Crippen molar-refractivity contribution in [3.63, 3.8) is 0 Å². The van der Waals surface area contributed by atoms with E-state index in [1.807, 2.05) is 0 Å². The Morgan fingerprint density at radius 2 is 2.00 bits per heavy atom. The smallest absolute Gasteiger partial charge is 0.408 e. The van der Waals surface area contributed by atoms with Crippen LogP contribution in [0, 0.1) is 5.92 Å². The lowest BCUT2D eigenvalue weighted by Gasteiger charge is -2.24. The minimum absolute atomic E-state index is 0.0368. The Labute approximate surface area is 109 Å². The quantitative estimate of drug-likeness (QED) is 0.819. The van der Waals surface area contributed by atoms with Crippen molar-refractivity contribution in [2.75, 3.05) is 13.1 Å². The predicted molar refractivity (Wildman–Crippen MR) is 69.2 cm³/mol. The van der Waals surface area contributed by atoms with Crippen LogP contribution in [0.3, 0.4) is 0 Å². The number of carbonyl (C=O) groups is 2. The molecule has 0 spiro atoms. The van der Waals surface area contributed by atoms with Gasteiger partial charge in [-0.05, 0) is 40.0 Å². The molecule has 0 aromatic carbocycles. The number of hydrogen-bond acceptors (Lipinski definition) is 3. The normalized spacial score (nSPS) is 21.6. The first-order valence-electron chi connectivity index (χ1n) is 6.47. The van der Waals surface area contributed by atoms with Gasteiger partial charge in [0.05, 0.1) is 0 Å². The molecule has 1 saturated heterocycles. The minimum atomic E-state index is -0.547. The van der Waals surface area contributed by atoms with Gasteiger partial charge in [0.2, 0.25) is 5.91 Å². The molecule has 1 heterocycles. The first-order chi connectivity index (χ1) is 8.19. The number of nitrogens with zero attached hydrogens (tertiary/aromatic N) is 1. The molecule has 5 nitrogen and oxygen atoms in total. The van der Waals surface area contributed by atoms with E-state index < -0.39 is 17.7 Å². The van der Waals surface area contributed by atoms with Crippen molar-refractivity contribution in [3.8, 4) is 0 Å². The molecule has 2 amide bonds. The van der Waals surface area contributed by atoms with Crippen LogP contribution in [0.15, 0.2) is 0 Å². The molecule has 2 atom stereocenters. The van der Waals surface area contributed by atoms with Gasteiger partial charge in [0, 0.05) is 13.1 Å². The Balaban J connectivity index is 2.43. The van der Waals surface area contributed by atoms with Gasteiger partial charge < -0.3 is 15.0 Å². The van der Waals surface area contributed by atoms with Crippen molar-refractivity contribution < 1.29 is 14.3 Å². The zero-order valence-electron chi connectivity index (χ0n) is 11.9. The van der Waals surface area contributed by atoms with Gasteiger partial charge in [-0.2, -0.15) is 0 Å². The Hall–Kier alpha value is -1.26. The molecule has 1 aliphatic heterocycles. The van der Waals surface area contributed by atoms with E-state index in [1.165, 1.54) is 0 Å². The Morgan fingerprint density at radius 3 is 2.44 bits per heavy atom. The summed E-state index contributed by atoms with van der Waals surface area (Å²) < 4.78 is 5.12. The van der Waals surface area contributed by atoms with Crippen molar-refractivity contribution >= 4 is 12.0 Å².